The first-order valence-corrected chi connectivity index (χ1v) is 10.7. The van der Waals surface area contributed by atoms with Gasteiger partial charge in [-0.15, -0.1) is 11.3 Å². The summed E-state index contributed by atoms with van der Waals surface area (Å²) >= 11 is 1.75. The number of hydrogen-bond donors (Lipinski definition) is 2. The van der Waals surface area contributed by atoms with Gasteiger partial charge in [0.2, 0.25) is 0 Å². The van der Waals surface area contributed by atoms with Crippen molar-refractivity contribution in [1.29, 1.82) is 0 Å². The maximum absolute atomic E-state index is 4.54. The Hall–Kier alpha value is -3.18. The van der Waals surface area contributed by atoms with Gasteiger partial charge >= 0.3 is 0 Å². The Morgan fingerprint density at radius 3 is 2.69 bits per heavy atom. The number of nitrogens with zero attached hydrogens (tertiary/aromatic N) is 2. The molecule has 0 aliphatic carbocycles. The van der Waals surface area contributed by atoms with Crippen LogP contribution >= 0.6 is 11.3 Å². The molecule has 0 bridgehead atoms. The maximum atomic E-state index is 4.54. The van der Waals surface area contributed by atoms with E-state index in [1.165, 1.54) is 26.9 Å². The predicted octanol–water partition coefficient (Wildman–Crippen LogP) is 5.98. The molecule has 0 saturated carbocycles. The lowest BCUT2D eigenvalue weighted by molar-refractivity contribution is 0.856. The predicted molar refractivity (Wildman–Crippen MR) is 122 cm³/mol. The number of benzene rings is 2. The lowest BCUT2D eigenvalue weighted by atomic mass is 9.91. The quantitative estimate of drug-likeness (QED) is 0.370. The normalized spacial score (nSPS) is 12.4. The SMILES string of the molecule is CCc1cc2c(NCC(c3ccccc3)c3c[nH]c4ccccc34)ncnc2s1. The van der Waals surface area contributed by atoms with Gasteiger partial charge in [-0.1, -0.05) is 55.5 Å². The molecule has 2 aromatic carbocycles. The molecule has 5 aromatic rings. The molecule has 3 aromatic heterocycles. The van der Waals surface area contributed by atoms with E-state index in [9.17, 15) is 0 Å². The van der Waals surface area contributed by atoms with Crippen LogP contribution in [-0.4, -0.2) is 21.5 Å². The molecule has 0 aliphatic heterocycles. The van der Waals surface area contributed by atoms with Crippen LogP contribution in [0.5, 0.6) is 0 Å². The molecular weight excluding hydrogens is 376 g/mol. The molecule has 4 nitrogen and oxygen atoms in total. The van der Waals surface area contributed by atoms with Gasteiger partial charge in [0, 0.05) is 34.4 Å². The maximum Gasteiger partial charge on any atom is 0.138 e. The third kappa shape index (κ3) is 3.38. The van der Waals surface area contributed by atoms with Crippen LogP contribution in [0.1, 0.15) is 28.8 Å². The van der Waals surface area contributed by atoms with Gasteiger partial charge in [0.05, 0.1) is 5.39 Å². The lowest BCUT2D eigenvalue weighted by Crippen LogP contribution is -2.14. The Labute approximate surface area is 173 Å². The molecule has 0 amide bonds. The highest BCUT2D eigenvalue weighted by molar-refractivity contribution is 7.18. The van der Waals surface area contributed by atoms with Crippen molar-refractivity contribution >= 4 is 38.3 Å². The minimum Gasteiger partial charge on any atom is -0.368 e. The number of hydrogen-bond acceptors (Lipinski definition) is 4. The van der Waals surface area contributed by atoms with E-state index in [0.717, 1.165) is 29.0 Å². The molecule has 1 unspecified atom stereocenters. The monoisotopic (exact) mass is 398 g/mol. The van der Waals surface area contributed by atoms with Gasteiger partial charge in [-0.05, 0) is 29.7 Å². The zero-order valence-corrected chi connectivity index (χ0v) is 17.0. The Morgan fingerprint density at radius 1 is 1.00 bits per heavy atom. The molecule has 1 atom stereocenters. The number of fused-ring (bicyclic) bond motifs is 2. The number of anilines is 1. The second-order valence-electron chi connectivity index (χ2n) is 7.14. The van der Waals surface area contributed by atoms with E-state index in [1.54, 1.807) is 17.7 Å². The van der Waals surface area contributed by atoms with Gasteiger partial charge in [-0.2, -0.15) is 0 Å². The lowest BCUT2D eigenvalue weighted by Gasteiger charge is -2.19. The fourth-order valence-electron chi connectivity index (χ4n) is 3.89. The fourth-order valence-corrected chi connectivity index (χ4v) is 4.83. The van der Waals surface area contributed by atoms with Gasteiger partial charge in [0.15, 0.2) is 0 Å². The first-order valence-electron chi connectivity index (χ1n) is 9.91. The summed E-state index contributed by atoms with van der Waals surface area (Å²) in [5.41, 5.74) is 3.75. The van der Waals surface area contributed by atoms with Gasteiger partial charge in [0.1, 0.15) is 17.0 Å². The third-order valence-corrected chi connectivity index (χ3v) is 6.59. The van der Waals surface area contributed by atoms with Crippen LogP contribution in [0.25, 0.3) is 21.1 Å². The number of thiophene rings is 1. The number of aromatic amines is 1. The van der Waals surface area contributed by atoms with Crippen LogP contribution < -0.4 is 5.32 Å². The van der Waals surface area contributed by atoms with E-state index in [2.05, 4.69) is 94.1 Å². The van der Waals surface area contributed by atoms with Crippen LogP contribution in [0, 0.1) is 0 Å². The summed E-state index contributed by atoms with van der Waals surface area (Å²) < 4.78 is 0. The van der Waals surface area contributed by atoms with E-state index < -0.39 is 0 Å². The molecule has 5 heteroatoms. The molecule has 0 radical (unpaired) electrons. The van der Waals surface area contributed by atoms with Crippen molar-refractivity contribution in [2.24, 2.45) is 0 Å². The molecule has 2 N–H and O–H groups in total. The van der Waals surface area contributed by atoms with Crippen LogP contribution in [-0.2, 0) is 6.42 Å². The van der Waals surface area contributed by atoms with Crippen LogP contribution in [0.2, 0.25) is 0 Å². The highest BCUT2D eigenvalue weighted by atomic mass is 32.1. The van der Waals surface area contributed by atoms with Crippen molar-refractivity contribution < 1.29 is 0 Å². The number of para-hydroxylation sites is 1. The zero-order valence-electron chi connectivity index (χ0n) is 16.2. The highest BCUT2D eigenvalue weighted by Crippen LogP contribution is 2.33. The van der Waals surface area contributed by atoms with E-state index in [1.807, 2.05) is 0 Å². The Kier molecular flexibility index (Phi) is 4.74. The first kappa shape index (κ1) is 17.9. The number of aromatic nitrogens is 3. The average Bonchev–Trinajstić information content (AvgIpc) is 3.39. The Morgan fingerprint density at radius 2 is 1.83 bits per heavy atom. The molecule has 5 rings (SSSR count). The smallest absolute Gasteiger partial charge is 0.138 e. The minimum absolute atomic E-state index is 0.210. The molecule has 3 heterocycles. The summed E-state index contributed by atoms with van der Waals surface area (Å²) in [4.78, 5) is 14.8. The fraction of sp³-hybridized carbons (Fsp3) is 0.167. The number of H-pyrrole nitrogens is 1. The Balaban J connectivity index is 1.52. The summed E-state index contributed by atoms with van der Waals surface area (Å²) in [6, 6.07) is 21.4. The van der Waals surface area contributed by atoms with Crippen molar-refractivity contribution in [2.75, 3.05) is 11.9 Å². The summed E-state index contributed by atoms with van der Waals surface area (Å²) in [6.07, 6.45) is 4.81. The molecule has 29 heavy (non-hydrogen) atoms. The van der Waals surface area contributed by atoms with E-state index in [0.29, 0.717) is 0 Å². The standard InChI is InChI=1S/C24H22N4S/c1-2-17-12-19-23(27-15-28-24(19)29-17)26-13-20(16-8-4-3-5-9-16)21-14-25-22-11-7-6-10-18(21)22/h3-12,14-15,20,25H,2,13H2,1H3,(H,26,27,28). The molecule has 144 valence electrons. The summed E-state index contributed by atoms with van der Waals surface area (Å²) in [5.74, 6) is 1.12. The summed E-state index contributed by atoms with van der Waals surface area (Å²) in [5, 5.41) is 5.99. The number of aryl methyl sites for hydroxylation is 1. The van der Waals surface area contributed by atoms with Gasteiger partial charge in [-0.3, -0.25) is 0 Å². The van der Waals surface area contributed by atoms with Gasteiger partial charge in [-0.25, -0.2) is 9.97 Å². The van der Waals surface area contributed by atoms with Crippen molar-refractivity contribution in [3.63, 3.8) is 0 Å². The van der Waals surface area contributed by atoms with Crippen LogP contribution in [0.4, 0.5) is 5.82 Å². The minimum atomic E-state index is 0.210. The van der Waals surface area contributed by atoms with Crippen LogP contribution in [0.3, 0.4) is 0 Å². The summed E-state index contributed by atoms with van der Waals surface area (Å²) in [7, 11) is 0. The third-order valence-electron chi connectivity index (χ3n) is 5.40. The van der Waals surface area contributed by atoms with E-state index in [-0.39, 0.29) is 5.92 Å². The average molecular weight is 399 g/mol. The second-order valence-corrected chi connectivity index (χ2v) is 8.26. The van der Waals surface area contributed by atoms with Crippen LogP contribution in [0.15, 0.2) is 73.2 Å². The Bertz CT molecular complexity index is 1260. The number of rotatable bonds is 6. The molecular formula is C24H22N4S. The van der Waals surface area contributed by atoms with Crippen molar-refractivity contribution in [2.45, 2.75) is 19.3 Å². The summed E-state index contributed by atoms with van der Waals surface area (Å²) in [6.45, 7) is 2.93. The second kappa shape index (κ2) is 7.68. The van der Waals surface area contributed by atoms with Crippen molar-refractivity contribution in [3.8, 4) is 0 Å². The largest absolute Gasteiger partial charge is 0.368 e. The number of nitrogens with one attached hydrogen (secondary N) is 2. The molecule has 0 saturated heterocycles. The molecule has 0 fully saturated rings. The zero-order chi connectivity index (χ0) is 19.6. The highest BCUT2D eigenvalue weighted by Gasteiger charge is 2.19. The molecule has 0 spiro atoms. The topological polar surface area (TPSA) is 53.6 Å². The van der Waals surface area contributed by atoms with Crippen molar-refractivity contribution in [3.05, 3.63) is 89.2 Å². The van der Waals surface area contributed by atoms with Gasteiger partial charge in [0.25, 0.3) is 0 Å². The molecule has 0 aliphatic rings. The van der Waals surface area contributed by atoms with Gasteiger partial charge < -0.3 is 10.3 Å². The van der Waals surface area contributed by atoms with Crippen molar-refractivity contribution in [1.82, 2.24) is 15.0 Å². The van der Waals surface area contributed by atoms with E-state index >= 15 is 0 Å². The van der Waals surface area contributed by atoms with E-state index in [4.69, 9.17) is 0 Å². The first-order chi connectivity index (χ1) is 14.3.